The lowest BCUT2D eigenvalue weighted by Crippen LogP contribution is -2.15. The first-order valence-electron chi connectivity index (χ1n) is 7.06. The van der Waals surface area contributed by atoms with Gasteiger partial charge >= 0.3 is 0 Å². The second-order valence-corrected chi connectivity index (χ2v) is 5.08. The van der Waals surface area contributed by atoms with Gasteiger partial charge in [0.25, 0.3) is 0 Å². The molecule has 0 saturated carbocycles. The van der Waals surface area contributed by atoms with E-state index < -0.39 is 0 Å². The molecule has 0 aliphatic heterocycles. The maximum atomic E-state index is 5.73. The lowest BCUT2D eigenvalue weighted by molar-refractivity contribution is 0.0493. The van der Waals surface area contributed by atoms with E-state index in [1.54, 1.807) is 0 Å². The maximum absolute atomic E-state index is 5.73. The number of anilines is 1. The summed E-state index contributed by atoms with van der Waals surface area (Å²) in [4.78, 5) is 9.05. The molecule has 1 heterocycles. The molecule has 0 aromatic carbocycles. The first-order chi connectivity index (χ1) is 9.10. The van der Waals surface area contributed by atoms with E-state index in [0.29, 0.717) is 18.3 Å². The fraction of sp³-hybridized carbons (Fsp3) is 0.714. The van der Waals surface area contributed by atoms with E-state index in [-0.39, 0.29) is 6.10 Å². The molecule has 0 aliphatic rings. The molecule has 5 heteroatoms. The summed E-state index contributed by atoms with van der Waals surface area (Å²) >= 11 is 0. The molecule has 0 spiro atoms. The molecule has 19 heavy (non-hydrogen) atoms. The van der Waals surface area contributed by atoms with Crippen molar-refractivity contribution in [1.29, 1.82) is 0 Å². The number of hydrogen-bond donors (Lipinski definition) is 2. The zero-order valence-corrected chi connectivity index (χ0v) is 12.4. The molecule has 3 N–H and O–H groups in total. The minimum Gasteiger partial charge on any atom is -0.371 e. The van der Waals surface area contributed by atoms with Crippen LogP contribution in [-0.2, 0) is 11.2 Å². The Balaban J connectivity index is 3.02. The lowest BCUT2D eigenvalue weighted by Gasteiger charge is -2.17. The molecule has 1 atom stereocenters. The van der Waals surface area contributed by atoms with E-state index >= 15 is 0 Å². The summed E-state index contributed by atoms with van der Waals surface area (Å²) in [5.41, 5.74) is 3.62. The Morgan fingerprint density at radius 1 is 1.32 bits per heavy atom. The Labute approximate surface area is 115 Å². The van der Waals surface area contributed by atoms with Crippen LogP contribution in [-0.4, -0.2) is 16.6 Å². The first-order valence-corrected chi connectivity index (χ1v) is 7.06. The number of nitrogen functional groups attached to an aromatic ring is 1. The van der Waals surface area contributed by atoms with Gasteiger partial charge in [-0.25, -0.2) is 15.8 Å². The van der Waals surface area contributed by atoms with Crippen LogP contribution in [0.3, 0.4) is 0 Å². The van der Waals surface area contributed by atoms with Crippen LogP contribution >= 0.6 is 0 Å². The van der Waals surface area contributed by atoms with Gasteiger partial charge in [-0.15, -0.1) is 0 Å². The average molecular weight is 266 g/mol. The van der Waals surface area contributed by atoms with Crippen LogP contribution in [0.25, 0.3) is 0 Å². The third kappa shape index (κ3) is 5.12. The molecular weight excluding hydrogens is 240 g/mol. The van der Waals surface area contributed by atoms with Crippen molar-refractivity contribution in [1.82, 2.24) is 9.97 Å². The Morgan fingerprint density at radius 3 is 2.58 bits per heavy atom. The summed E-state index contributed by atoms with van der Waals surface area (Å²) in [5, 5.41) is 0. The third-order valence-corrected chi connectivity index (χ3v) is 2.77. The van der Waals surface area contributed by atoms with Crippen molar-refractivity contribution in [3.8, 4) is 0 Å². The van der Waals surface area contributed by atoms with Crippen LogP contribution in [0, 0.1) is 5.92 Å². The van der Waals surface area contributed by atoms with Crippen LogP contribution in [0.1, 0.15) is 58.2 Å². The topological polar surface area (TPSA) is 73.1 Å². The van der Waals surface area contributed by atoms with Gasteiger partial charge < -0.3 is 10.2 Å². The fourth-order valence-electron chi connectivity index (χ4n) is 2.01. The van der Waals surface area contributed by atoms with Gasteiger partial charge in [0.15, 0.2) is 5.82 Å². The van der Waals surface area contributed by atoms with Crippen molar-refractivity contribution in [2.24, 2.45) is 11.8 Å². The van der Waals surface area contributed by atoms with Crippen molar-refractivity contribution in [2.45, 2.75) is 53.1 Å². The zero-order valence-electron chi connectivity index (χ0n) is 12.4. The van der Waals surface area contributed by atoms with E-state index in [1.807, 2.05) is 13.0 Å². The molecule has 108 valence electrons. The van der Waals surface area contributed by atoms with E-state index in [4.69, 9.17) is 10.6 Å². The van der Waals surface area contributed by atoms with Gasteiger partial charge in [0, 0.05) is 18.4 Å². The van der Waals surface area contributed by atoms with Gasteiger partial charge in [-0.1, -0.05) is 27.2 Å². The quantitative estimate of drug-likeness (QED) is 0.559. The molecule has 0 bridgehead atoms. The van der Waals surface area contributed by atoms with Crippen molar-refractivity contribution < 1.29 is 4.74 Å². The largest absolute Gasteiger partial charge is 0.371 e. The predicted molar refractivity (Wildman–Crippen MR) is 77.7 cm³/mol. The summed E-state index contributed by atoms with van der Waals surface area (Å²) in [6.45, 7) is 9.12. The van der Waals surface area contributed by atoms with Crippen LogP contribution in [0.5, 0.6) is 0 Å². The SMILES string of the molecule is CCCC(OCC)c1nc(CC(C)C)cc(NN)n1. The van der Waals surface area contributed by atoms with Gasteiger partial charge in [0.05, 0.1) is 0 Å². The molecule has 0 aliphatic carbocycles. The summed E-state index contributed by atoms with van der Waals surface area (Å²) in [6.07, 6.45) is 2.82. The summed E-state index contributed by atoms with van der Waals surface area (Å²) in [7, 11) is 0. The van der Waals surface area contributed by atoms with E-state index in [0.717, 1.165) is 30.8 Å². The number of ether oxygens (including phenoxy) is 1. The monoisotopic (exact) mass is 266 g/mol. The van der Waals surface area contributed by atoms with Crippen LogP contribution < -0.4 is 11.3 Å². The minimum atomic E-state index is -0.0470. The first kappa shape index (κ1) is 15.9. The average Bonchev–Trinajstić information content (AvgIpc) is 2.37. The Morgan fingerprint density at radius 2 is 2.05 bits per heavy atom. The number of nitrogens with two attached hydrogens (primary N) is 1. The second kappa shape index (κ2) is 8.07. The van der Waals surface area contributed by atoms with Crippen LogP contribution in [0.2, 0.25) is 0 Å². The molecule has 1 rings (SSSR count). The zero-order chi connectivity index (χ0) is 14.3. The van der Waals surface area contributed by atoms with Gasteiger partial charge in [0.2, 0.25) is 0 Å². The fourth-order valence-corrected chi connectivity index (χ4v) is 2.01. The Bertz CT molecular complexity index is 376. The number of hydrogen-bond acceptors (Lipinski definition) is 5. The second-order valence-electron chi connectivity index (χ2n) is 5.08. The Hall–Kier alpha value is -1.20. The molecular formula is C14H26N4O. The molecule has 5 nitrogen and oxygen atoms in total. The van der Waals surface area contributed by atoms with Gasteiger partial charge in [0.1, 0.15) is 11.9 Å². The van der Waals surface area contributed by atoms with Gasteiger partial charge in [-0.3, -0.25) is 0 Å². The predicted octanol–water partition coefficient (Wildman–Crippen LogP) is 2.84. The third-order valence-electron chi connectivity index (χ3n) is 2.77. The van der Waals surface area contributed by atoms with E-state index in [1.165, 1.54) is 0 Å². The number of rotatable bonds is 8. The molecule has 0 fully saturated rings. The summed E-state index contributed by atoms with van der Waals surface area (Å²) < 4.78 is 5.73. The highest BCUT2D eigenvalue weighted by Crippen LogP contribution is 2.22. The highest BCUT2D eigenvalue weighted by Gasteiger charge is 2.16. The lowest BCUT2D eigenvalue weighted by atomic mass is 10.1. The smallest absolute Gasteiger partial charge is 0.159 e. The van der Waals surface area contributed by atoms with Crippen LogP contribution in [0.4, 0.5) is 5.82 Å². The molecule has 1 aromatic heterocycles. The van der Waals surface area contributed by atoms with E-state index in [2.05, 4.69) is 36.2 Å². The van der Waals surface area contributed by atoms with Crippen molar-refractivity contribution in [3.05, 3.63) is 17.6 Å². The Kier molecular flexibility index (Phi) is 6.73. The number of nitrogens with one attached hydrogen (secondary N) is 1. The van der Waals surface area contributed by atoms with Crippen molar-refractivity contribution in [2.75, 3.05) is 12.0 Å². The molecule has 0 saturated heterocycles. The minimum absolute atomic E-state index is 0.0470. The molecule has 0 radical (unpaired) electrons. The number of aromatic nitrogens is 2. The summed E-state index contributed by atoms with van der Waals surface area (Å²) in [6, 6.07) is 1.90. The van der Waals surface area contributed by atoms with Crippen molar-refractivity contribution in [3.63, 3.8) is 0 Å². The maximum Gasteiger partial charge on any atom is 0.159 e. The summed E-state index contributed by atoms with van der Waals surface area (Å²) in [5.74, 6) is 7.42. The highest BCUT2D eigenvalue weighted by atomic mass is 16.5. The normalized spacial score (nSPS) is 12.7. The standard InChI is InChI=1S/C14H26N4O/c1-5-7-12(19-6-2)14-16-11(8-10(3)4)9-13(17-14)18-15/h9-10,12H,5-8,15H2,1-4H3,(H,16,17,18). The number of nitrogens with zero attached hydrogens (tertiary/aromatic N) is 2. The van der Waals surface area contributed by atoms with Gasteiger partial charge in [-0.05, 0) is 25.7 Å². The number of hydrazine groups is 1. The van der Waals surface area contributed by atoms with E-state index in [9.17, 15) is 0 Å². The van der Waals surface area contributed by atoms with Crippen LogP contribution in [0.15, 0.2) is 6.07 Å². The highest BCUT2D eigenvalue weighted by molar-refractivity contribution is 5.35. The van der Waals surface area contributed by atoms with Crippen molar-refractivity contribution >= 4 is 5.82 Å². The molecule has 0 amide bonds. The molecule has 1 aromatic rings. The molecule has 1 unspecified atom stereocenters. The van der Waals surface area contributed by atoms with Gasteiger partial charge in [-0.2, -0.15) is 0 Å².